The van der Waals surface area contributed by atoms with Crippen LogP contribution >= 0.6 is 0 Å². The maximum atomic E-state index is 10.9. The average Bonchev–Trinajstić information content (AvgIpc) is 4.01. The van der Waals surface area contributed by atoms with Gasteiger partial charge in [-0.15, -0.1) is 0 Å². The van der Waals surface area contributed by atoms with Gasteiger partial charge in [0.25, 0.3) is 0 Å². The number of ketones is 5. The van der Waals surface area contributed by atoms with Crippen molar-refractivity contribution in [2.75, 3.05) is 19.6 Å². The molecule has 1 heterocycles. The molecule has 354 valence electrons. The Bertz CT molecular complexity index is 1750. The fourth-order valence-corrected chi connectivity index (χ4v) is 6.41. The summed E-state index contributed by atoms with van der Waals surface area (Å²) in [5.41, 5.74) is 8.96. The number of hydrogen-bond acceptors (Lipinski definition) is 6. The molecule has 6 rings (SSSR count). The first-order valence-electron chi connectivity index (χ1n) is 23.9. The number of Topliss-reactive ketones (excluding diaryl/α,β-unsaturated/α-hetero) is 5. The van der Waals surface area contributed by atoms with Crippen LogP contribution in [-0.2, 0) is 20.8 Å². The molecular weight excluding hydrogens is 791 g/mol. The quantitative estimate of drug-likeness (QED) is 0.139. The molecular formula is C58H87NO5. The van der Waals surface area contributed by atoms with Crippen LogP contribution in [0.3, 0.4) is 0 Å². The highest BCUT2D eigenvalue weighted by Crippen LogP contribution is 2.15. The largest absolute Gasteiger partial charge is 0.303 e. The highest BCUT2D eigenvalue weighted by molar-refractivity contribution is 5.94. The topological polar surface area (TPSA) is 88.6 Å². The Morgan fingerprint density at radius 1 is 0.453 bits per heavy atom. The molecule has 2 aliphatic rings. The number of carbonyl (C=O) groups excluding carboxylic acids is 5. The third kappa shape index (κ3) is 37.7. The van der Waals surface area contributed by atoms with Crippen LogP contribution in [0.5, 0.6) is 0 Å². The summed E-state index contributed by atoms with van der Waals surface area (Å²) in [6.07, 6.45) is 15.4. The first kappa shape index (κ1) is 61.3. The van der Waals surface area contributed by atoms with Crippen molar-refractivity contribution in [2.24, 2.45) is 0 Å². The minimum atomic E-state index is 0.0503. The maximum absolute atomic E-state index is 10.9. The summed E-state index contributed by atoms with van der Waals surface area (Å²) in [6, 6.07) is 31.6. The lowest BCUT2D eigenvalue weighted by Crippen LogP contribution is -2.20. The normalized spacial score (nSPS) is 12.0. The zero-order chi connectivity index (χ0) is 48.7. The van der Waals surface area contributed by atoms with E-state index >= 15 is 0 Å². The van der Waals surface area contributed by atoms with E-state index in [0.717, 1.165) is 49.8 Å². The van der Waals surface area contributed by atoms with E-state index in [-0.39, 0.29) is 17.3 Å². The summed E-state index contributed by atoms with van der Waals surface area (Å²) in [6.45, 7) is 28.1. The van der Waals surface area contributed by atoms with Gasteiger partial charge in [-0.25, -0.2) is 0 Å². The van der Waals surface area contributed by atoms with Gasteiger partial charge in [0.1, 0.15) is 17.3 Å². The SMILES string of the molecule is C1CCCC1.CC.CC(=O)CCCN1CCCC1.CC(=O)Cc1ccc(C(C)=O)cc1.CC(=O)c1ccc(C)cc1.CCCCC(C)=O.Cc1cccc(C)c1.Cc1cccc(C)c1. The number of carbonyl (C=O) groups is 5. The molecule has 0 bridgehead atoms. The van der Waals surface area contributed by atoms with Crippen molar-refractivity contribution < 1.29 is 24.0 Å². The van der Waals surface area contributed by atoms with Crippen molar-refractivity contribution in [3.05, 3.63) is 142 Å². The molecule has 0 unspecified atom stereocenters. The van der Waals surface area contributed by atoms with E-state index in [1.807, 2.05) is 57.2 Å². The molecule has 4 aromatic carbocycles. The fraction of sp³-hybridized carbons (Fsp3) is 0.500. The van der Waals surface area contributed by atoms with Gasteiger partial charge in [0, 0.05) is 30.4 Å². The fourth-order valence-electron chi connectivity index (χ4n) is 6.41. The number of benzene rings is 4. The third-order valence-corrected chi connectivity index (χ3v) is 9.95. The van der Waals surface area contributed by atoms with Crippen molar-refractivity contribution >= 4 is 28.9 Å². The average molecular weight is 878 g/mol. The predicted octanol–water partition coefficient (Wildman–Crippen LogP) is 15.0. The summed E-state index contributed by atoms with van der Waals surface area (Å²) in [5.74, 6) is 0.941. The molecule has 0 aromatic heterocycles. The van der Waals surface area contributed by atoms with Crippen molar-refractivity contribution in [2.45, 2.75) is 173 Å². The number of hydrogen-bond donors (Lipinski definition) is 0. The van der Waals surface area contributed by atoms with Crippen LogP contribution in [0.1, 0.15) is 187 Å². The van der Waals surface area contributed by atoms with Gasteiger partial charge in [-0.05, 0) is 120 Å². The molecule has 0 spiro atoms. The van der Waals surface area contributed by atoms with Crippen LogP contribution in [0.2, 0.25) is 0 Å². The lowest BCUT2D eigenvalue weighted by atomic mass is 10.1. The van der Waals surface area contributed by atoms with Gasteiger partial charge in [0.15, 0.2) is 11.6 Å². The van der Waals surface area contributed by atoms with Crippen LogP contribution < -0.4 is 0 Å². The lowest BCUT2D eigenvalue weighted by Gasteiger charge is -2.12. The monoisotopic (exact) mass is 878 g/mol. The summed E-state index contributed by atoms with van der Waals surface area (Å²) in [5, 5.41) is 0. The van der Waals surface area contributed by atoms with Crippen molar-refractivity contribution in [3.63, 3.8) is 0 Å². The van der Waals surface area contributed by atoms with Gasteiger partial charge in [0.05, 0.1) is 0 Å². The van der Waals surface area contributed by atoms with Crippen LogP contribution in [0.25, 0.3) is 0 Å². The highest BCUT2D eigenvalue weighted by atomic mass is 16.1. The Balaban J connectivity index is 0. The molecule has 1 saturated carbocycles. The number of nitrogens with zero attached hydrogens (tertiary/aromatic N) is 1. The summed E-state index contributed by atoms with van der Waals surface area (Å²) < 4.78 is 0. The number of likely N-dealkylation sites (tertiary alicyclic amines) is 1. The summed E-state index contributed by atoms with van der Waals surface area (Å²) >= 11 is 0. The smallest absolute Gasteiger partial charge is 0.159 e. The summed E-state index contributed by atoms with van der Waals surface area (Å²) in [7, 11) is 0. The second-order valence-corrected chi connectivity index (χ2v) is 16.8. The molecule has 1 aliphatic heterocycles. The van der Waals surface area contributed by atoms with Gasteiger partial charge in [-0.3, -0.25) is 14.4 Å². The predicted molar refractivity (Wildman–Crippen MR) is 274 cm³/mol. The number of rotatable bonds is 11. The number of aryl methyl sites for hydroxylation is 5. The summed E-state index contributed by atoms with van der Waals surface area (Å²) in [4.78, 5) is 55.7. The zero-order valence-corrected chi connectivity index (χ0v) is 42.5. The molecule has 1 saturated heterocycles. The van der Waals surface area contributed by atoms with E-state index in [1.54, 1.807) is 39.8 Å². The van der Waals surface area contributed by atoms with E-state index in [1.165, 1.54) is 92.8 Å². The van der Waals surface area contributed by atoms with Gasteiger partial charge in [0.2, 0.25) is 0 Å². The second-order valence-electron chi connectivity index (χ2n) is 16.8. The highest BCUT2D eigenvalue weighted by Gasteiger charge is 2.10. The second kappa shape index (κ2) is 39.8. The van der Waals surface area contributed by atoms with Crippen LogP contribution in [-0.4, -0.2) is 53.5 Å². The van der Waals surface area contributed by atoms with Crippen molar-refractivity contribution in [1.82, 2.24) is 4.90 Å². The van der Waals surface area contributed by atoms with Crippen molar-refractivity contribution in [3.8, 4) is 0 Å². The Morgan fingerprint density at radius 3 is 1.09 bits per heavy atom. The van der Waals surface area contributed by atoms with Gasteiger partial charge < -0.3 is 14.5 Å². The van der Waals surface area contributed by atoms with Crippen molar-refractivity contribution in [1.29, 1.82) is 0 Å². The third-order valence-electron chi connectivity index (χ3n) is 9.95. The Hall–Kier alpha value is -4.81. The van der Waals surface area contributed by atoms with E-state index in [4.69, 9.17) is 0 Å². The van der Waals surface area contributed by atoms with Gasteiger partial charge in [-0.1, -0.05) is 184 Å². The molecule has 1 aliphatic carbocycles. The Kier molecular flexibility index (Phi) is 38.1. The first-order valence-corrected chi connectivity index (χ1v) is 23.9. The minimum Gasteiger partial charge on any atom is -0.303 e. The lowest BCUT2D eigenvalue weighted by molar-refractivity contribution is -0.118. The van der Waals surface area contributed by atoms with Gasteiger partial charge >= 0.3 is 0 Å². The Morgan fingerprint density at radius 2 is 0.812 bits per heavy atom. The maximum Gasteiger partial charge on any atom is 0.159 e. The molecule has 0 N–H and O–H groups in total. The zero-order valence-electron chi connectivity index (χ0n) is 42.5. The number of unbranched alkanes of at least 4 members (excludes halogenated alkanes) is 1. The van der Waals surface area contributed by atoms with E-state index in [9.17, 15) is 24.0 Å². The molecule has 0 radical (unpaired) electrons. The molecule has 0 atom stereocenters. The molecule has 6 heteroatoms. The van der Waals surface area contributed by atoms with Crippen LogP contribution in [0, 0.1) is 34.6 Å². The molecule has 2 fully saturated rings. The van der Waals surface area contributed by atoms with Crippen LogP contribution in [0.4, 0.5) is 0 Å². The first-order chi connectivity index (χ1) is 30.4. The van der Waals surface area contributed by atoms with E-state index < -0.39 is 0 Å². The van der Waals surface area contributed by atoms with E-state index in [2.05, 4.69) is 88.0 Å². The van der Waals surface area contributed by atoms with Crippen LogP contribution in [0.15, 0.2) is 97.1 Å². The molecule has 6 nitrogen and oxygen atoms in total. The molecule has 4 aromatic rings. The molecule has 64 heavy (non-hydrogen) atoms. The Labute approximate surface area is 391 Å². The minimum absolute atomic E-state index is 0.0503. The van der Waals surface area contributed by atoms with Gasteiger partial charge in [-0.2, -0.15) is 0 Å². The van der Waals surface area contributed by atoms with E-state index in [0.29, 0.717) is 23.6 Å². The molecule has 0 amide bonds. The standard InChI is InChI=1S/C11H12O2.C9H17NO.C9H10O.2C8H10.C6H12O.C5H10.C2H6/c1-8(12)7-10-3-5-11(6-4-10)9(2)13;1-9(11)5-4-8-10-6-2-3-7-10;1-7-3-5-9(6-4-7)8(2)10;2*1-7-4-3-5-8(2)6-7;1-3-4-5-6(2)7;1-2-4-5-3-1;1-2/h3-6H,7H2,1-2H3;2-8H2,1H3;3-6H,1-2H3;2*3-6H,1-2H3;3-5H2,1-2H3;1-5H2;1-2H3.